The molecule has 4 rings (SSSR count). The number of hydrogen-bond donors (Lipinski definition) is 4. The molecule has 176 valence electrons. The smallest absolute Gasteiger partial charge is 0.220 e. The van der Waals surface area contributed by atoms with Gasteiger partial charge in [0.1, 0.15) is 35.8 Å². The van der Waals surface area contributed by atoms with Crippen molar-refractivity contribution in [3.05, 3.63) is 40.9 Å². The number of halogens is 2. The number of rotatable bonds is 8. The topological polar surface area (TPSA) is 158 Å². The van der Waals surface area contributed by atoms with Crippen molar-refractivity contribution < 1.29 is 24.5 Å². The van der Waals surface area contributed by atoms with Crippen molar-refractivity contribution in [3.63, 3.8) is 0 Å². The summed E-state index contributed by atoms with van der Waals surface area (Å²) in [6.07, 6.45) is 0.365. The summed E-state index contributed by atoms with van der Waals surface area (Å²) in [5.74, 6) is 0.377. The lowest BCUT2D eigenvalue weighted by Crippen LogP contribution is -2.46. The SMILES string of the molecule is Nc1ncnc2c1ncn2[C@@H]1O[C@H](CO)[C@@H](O)[C@H]1NC(=O)CCCOc1cc(Cl)cc(Cl)c1. The summed E-state index contributed by atoms with van der Waals surface area (Å²) in [5.41, 5.74) is 6.59. The Balaban J connectivity index is 1.40. The molecule has 3 heterocycles. The number of fused-ring (bicyclic) bond motifs is 1. The Hall–Kier alpha value is -2.70. The predicted octanol–water partition coefficient (Wildman–Crippen LogP) is 1.31. The second kappa shape index (κ2) is 10.1. The second-order valence-electron chi connectivity index (χ2n) is 7.47. The van der Waals surface area contributed by atoms with E-state index in [9.17, 15) is 15.0 Å². The molecule has 1 aliphatic rings. The summed E-state index contributed by atoms with van der Waals surface area (Å²) in [6.45, 7) is -0.164. The first-order valence-electron chi connectivity index (χ1n) is 10.1. The van der Waals surface area contributed by atoms with Crippen molar-refractivity contribution in [2.45, 2.75) is 37.3 Å². The number of aromatic nitrogens is 4. The number of nitrogens with two attached hydrogens (primary N) is 1. The molecule has 0 bridgehead atoms. The molecule has 11 nitrogen and oxygen atoms in total. The number of nitrogen functional groups attached to an aromatic ring is 1. The fourth-order valence-corrected chi connectivity index (χ4v) is 4.15. The Kier molecular flexibility index (Phi) is 7.15. The molecule has 4 atom stereocenters. The summed E-state index contributed by atoms with van der Waals surface area (Å²) >= 11 is 11.9. The monoisotopic (exact) mass is 496 g/mol. The molecule has 3 aromatic rings. The van der Waals surface area contributed by atoms with Gasteiger partial charge < -0.3 is 30.7 Å². The first-order valence-corrected chi connectivity index (χ1v) is 10.9. The van der Waals surface area contributed by atoms with Crippen LogP contribution in [0.2, 0.25) is 10.0 Å². The van der Waals surface area contributed by atoms with Crippen LogP contribution in [0.4, 0.5) is 5.82 Å². The lowest BCUT2D eigenvalue weighted by Gasteiger charge is -2.23. The highest BCUT2D eigenvalue weighted by molar-refractivity contribution is 6.34. The largest absolute Gasteiger partial charge is 0.493 e. The maximum absolute atomic E-state index is 12.6. The van der Waals surface area contributed by atoms with Crippen LogP contribution in [0.15, 0.2) is 30.9 Å². The number of nitrogens with one attached hydrogen (secondary N) is 1. The maximum Gasteiger partial charge on any atom is 0.220 e. The van der Waals surface area contributed by atoms with Gasteiger partial charge in [-0.3, -0.25) is 9.36 Å². The summed E-state index contributed by atoms with van der Waals surface area (Å²) in [6, 6.07) is 4.00. The molecule has 5 N–H and O–H groups in total. The molecule has 1 aromatic carbocycles. The maximum atomic E-state index is 12.6. The third-order valence-electron chi connectivity index (χ3n) is 5.19. The molecule has 0 spiro atoms. The number of imidazole rings is 1. The molecule has 0 unspecified atom stereocenters. The van der Waals surface area contributed by atoms with E-state index in [1.54, 1.807) is 22.8 Å². The molecule has 2 aromatic heterocycles. The normalized spacial score (nSPS) is 22.5. The van der Waals surface area contributed by atoms with Crippen LogP contribution in [-0.4, -0.2) is 67.1 Å². The lowest BCUT2D eigenvalue weighted by molar-refractivity contribution is -0.123. The number of aliphatic hydroxyl groups excluding tert-OH is 2. The van der Waals surface area contributed by atoms with Gasteiger partial charge in [-0.1, -0.05) is 23.2 Å². The van der Waals surface area contributed by atoms with Gasteiger partial charge in [0.25, 0.3) is 0 Å². The van der Waals surface area contributed by atoms with Crippen LogP contribution in [0.1, 0.15) is 19.1 Å². The Labute approximate surface area is 198 Å². The average Bonchev–Trinajstić information content (AvgIpc) is 3.33. The Morgan fingerprint density at radius 2 is 2.00 bits per heavy atom. The zero-order valence-corrected chi connectivity index (χ0v) is 18.8. The Bertz CT molecular complexity index is 1130. The number of aliphatic hydroxyl groups is 2. The summed E-state index contributed by atoms with van der Waals surface area (Å²) in [7, 11) is 0. The van der Waals surface area contributed by atoms with Gasteiger partial charge in [-0.2, -0.15) is 0 Å². The summed E-state index contributed by atoms with van der Waals surface area (Å²) in [4.78, 5) is 24.9. The molecule has 0 radical (unpaired) electrons. The van der Waals surface area contributed by atoms with Crippen molar-refractivity contribution in [1.82, 2.24) is 24.8 Å². The Morgan fingerprint density at radius 1 is 1.24 bits per heavy atom. The molecule has 0 saturated carbocycles. The quantitative estimate of drug-likeness (QED) is 0.337. The molecule has 1 aliphatic heterocycles. The predicted molar refractivity (Wildman–Crippen MR) is 120 cm³/mol. The van der Waals surface area contributed by atoms with Crippen LogP contribution in [0, 0.1) is 0 Å². The first-order chi connectivity index (χ1) is 15.9. The van der Waals surface area contributed by atoms with E-state index in [1.807, 2.05) is 0 Å². The van der Waals surface area contributed by atoms with Gasteiger partial charge in [0.2, 0.25) is 5.91 Å². The highest BCUT2D eigenvalue weighted by atomic mass is 35.5. The van der Waals surface area contributed by atoms with Gasteiger partial charge in [0, 0.05) is 16.5 Å². The summed E-state index contributed by atoms with van der Waals surface area (Å²) in [5, 5.41) is 23.9. The van der Waals surface area contributed by atoms with Crippen molar-refractivity contribution in [1.29, 1.82) is 0 Å². The number of nitrogens with zero attached hydrogens (tertiary/aromatic N) is 4. The molecule has 1 saturated heterocycles. The second-order valence-corrected chi connectivity index (χ2v) is 8.34. The number of benzene rings is 1. The fraction of sp³-hybridized carbons (Fsp3) is 0.400. The molecule has 33 heavy (non-hydrogen) atoms. The zero-order chi connectivity index (χ0) is 23.5. The Morgan fingerprint density at radius 3 is 2.73 bits per heavy atom. The standard InChI is InChI=1S/C20H22Cl2N6O5/c21-10-4-11(22)6-12(5-10)32-3-1-2-14(30)27-15-17(31)13(7-29)33-20(15)28-9-26-16-18(23)24-8-25-19(16)28/h4-6,8-9,13,15,17,20,29,31H,1-3,7H2,(H,27,30)(H2,23,24,25)/t13-,15-,17-,20-/m1/s1. The molecular formula is C20H22Cl2N6O5. The number of ether oxygens (including phenoxy) is 2. The van der Waals surface area contributed by atoms with Crippen LogP contribution in [0.25, 0.3) is 11.2 Å². The van der Waals surface area contributed by atoms with Crippen LogP contribution >= 0.6 is 23.2 Å². The van der Waals surface area contributed by atoms with Crippen molar-refractivity contribution >= 4 is 46.1 Å². The molecular weight excluding hydrogens is 475 g/mol. The highest BCUT2D eigenvalue weighted by Crippen LogP contribution is 2.32. The van der Waals surface area contributed by atoms with E-state index in [0.717, 1.165) is 0 Å². The third-order valence-corrected chi connectivity index (χ3v) is 5.63. The number of carbonyl (C=O) groups excluding carboxylic acids is 1. The number of carbonyl (C=O) groups is 1. The molecule has 13 heteroatoms. The van der Waals surface area contributed by atoms with Gasteiger partial charge in [-0.15, -0.1) is 0 Å². The van der Waals surface area contributed by atoms with E-state index in [1.165, 1.54) is 12.7 Å². The average molecular weight is 497 g/mol. The van der Waals surface area contributed by atoms with E-state index < -0.39 is 31.1 Å². The van der Waals surface area contributed by atoms with Gasteiger partial charge in [-0.05, 0) is 24.6 Å². The minimum absolute atomic E-state index is 0.133. The fourth-order valence-electron chi connectivity index (χ4n) is 3.64. The van der Waals surface area contributed by atoms with Gasteiger partial charge in [0.05, 0.1) is 19.5 Å². The van der Waals surface area contributed by atoms with Crippen LogP contribution in [0.3, 0.4) is 0 Å². The minimum atomic E-state index is -1.15. The van der Waals surface area contributed by atoms with Crippen molar-refractivity contribution in [3.8, 4) is 5.75 Å². The van der Waals surface area contributed by atoms with Gasteiger partial charge >= 0.3 is 0 Å². The van der Waals surface area contributed by atoms with Crippen molar-refractivity contribution in [2.75, 3.05) is 18.9 Å². The van der Waals surface area contributed by atoms with Crippen LogP contribution in [-0.2, 0) is 9.53 Å². The van der Waals surface area contributed by atoms with E-state index in [0.29, 0.717) is 33.4 Å². The third kappa shape index (κ3) is 5.12. The van der Waals surface area contributed by atoms with E-state index in [2.05, 4.69) is 20.3 Å². The molecule has 0 aliphatic carbocycles. The minimum Gasteiger partial charge on any atom is -0.493 e. The summed E-state index contributed by atoms with van der Waals surface area (Å²) < 4.78 is 12.9. The van der Waals surface area contributed by atoms with Gasteiger partial charge in [0.15, 0.2) is 17.7 Å². The zero-order valence-electron chi connectivity index (χ0n) is 17.3. The van der Waals surface area contributed by atoms with E-state index >= 15 is 0 Å². The lowest BCUT2D eigenvalue weighted by atomic mass is 10.1. The first kappa shape index (κ1) is 23.5. The number of amides is 1. The van der Waals surface area contributed by atoms with Crippen LogP contribution in [0.5, 0.6) is 5.75 Å². The van der Waals surface area contributed by atoms with E-state index in [4.69, 9.17) is 38.4 Å². The molecule has 1 fully saturated rings. The number of hydrogen-bond acceptors (Lipinski definition) is 9. The molecule has 1 amide bonds. The van der Waals surface area contributed by atoms with Crippen LogP contribution < -0.4 is 15.8 Å². The number of anilines is 1. The highest BCUT2D eigenvalue weighted by Gasteiger charge is 2.45. The van der Waals surface area contributed by atoms with Crippen molar-refractivity contribution in [2.24, 2.45) is 0 Å². The van der Waals surface area contributed by atoms with E-state index in [-0.39, 0.29) is 24.8 Å². The van der Waals surface area contributed by atoms with Gasteiger partial charge in [-0.25, -0.2) is 15.0 Å².